The van der Waals surface area contributed by atoms with E-state index >= 15 is 0 Å². The third-order valence-electron chi connectivity index (χ3n) is 4.41. The molecular weight excluding hydrogens is 380 g/mol. The number of hydrogen-bond acceptors (Lipinski definition) is 5. The van der Waals surface area contributed by atoms with Gasteiger partial charge in [0.2, 0.25) is 15.9 Å². The first-order valence-corrected chi connectivity index (χ1v) is 10.9. The van der Waals surface area contributed by atoms with E-state index in [1.165, 1.54) is 0 Å². The number of rotatable bonds is 7. The number of anilines is 1. The van der Waals surface area contributed by atoms with Gasteiger partial charge in [0, 0.05) is 0 Å². The molecule has 2 aromatic carbocycles. The standard InChI is InChI=1S/C20H24N2O5S/c1-3-15-8-10-16(11-9-15)22(28(2,24)25)13-20(23)21-12-17-14-26-18-6-4-5-7-19(18)27-17/h4-11,17H,3,12-14H2,1-2H3,(H,21,23)/t17-/m1/s1. The number of fused-ring (bicyclic) bond motifs is 1. The molecule has 1 amide bonds. The summed E-state index contributed by atoms with van der Waals surface area (Å²) in [7, 11) is -3.60. The topological polar surface area (TPSA) is 84.9 Å². The maximum absolute atomic E-state index is 12.4. The van der Waals surface area contributed by atoms with Crippen LogP contribution in [0.25, 0.3) is 0 Å². The Morgan fingerprint density at radius 3 is 2.46 bits per heavy atom. The van der Waals surface area contributed by atoms with Crippen LogP contribution in [0.4, 0.5) is 5.69 Å². The highest BCUT2D eigenvalue weighted by Crippen LogP contribution is 2.30. The molecule has 0 aromatic heterocycles. The highest BCUT2D eigenvalue weighted by atomic mass is 32.2. The second-order valence-corrected chi connectivity index (χ2v) is 8.50. The lowest BCUT2D eigenvalue weighted by Gasteiger charge is -2.27. The first-order valence-electron chi connectivity index (χ1n) is 9.08. The predicted octanol–water partition coefficient (Wildman–Crippen LogP) is 1.97. The lowest BCUT2D eigenvalue weighted by Crippen LogP contribution is -2.45. The highest BCUT2D eigenvalue weighted by molar-refractivity contribution is 7.92. The summed E-state index contributed by atoms with van der Waals surface area (Å²) in [5, 5.41) is 2.73. The number of aryl methyl sites for hydroxylation is 1. The number of ether oxygens (including phenoxy) is 2. The van der Waals surface area contributed by atoms with Crippen molar-refractivity contribution in [3.63, 3.8) is 0 Å². The lowest BCUT2D eigenvalue weighted by molar-refractivity contribution is -0.120. The largest absolute Gasteiger partial charge is 0.486 e. The van der Waals surface area contributed by atoms with Gasteiger partial charge in [-0.3, -0.25) is 9.10 Å². The Morgan fingerprint density at radius 1 is 1.14 bits per heavy atom. The SMILES string of the molecule is CCc1ccc(N(CC(=O)NC[C@@H]2COc3ccccc3O2)S(C)(=O)=O)cc1. The Bertz CT molecular complexity index is 928. The molecule has 0 saturated carbocycles. The number of nitrogens with zero attached hydrogens (tertiary/aromatic N) is 1. The van der Waals surface area contributed by atoms with Crippen LogP contribution in [0.15, 0.2) is 48.5 Å². The van der Waals surface area contributed by atoms with Gasteiger partial charge in [-0.25, -0.2) is 8.42 Å². The van der Waals surface area contributed by atoms with Crippen molar-refractivity contribution < 1.29 is 22.7 Å². The van der Waals surface area contributed by atoms with E-state index in [0.717, 1.165) is 22.5 Å². The first-order chi connectivity index (χ1) is 13.4. The number of benzene rings is 2. The van der Waals surface area contributed by atoms with Crippen molar-refractivity contribution in [3.05, 3.63) is 54.1 Å². The molecule has 1 aliphatic rings. The Balaban J connectivity index is 1.60. The molecule has 0 aliphatic carbocycles. The van der Waals surface area contributed by atoms with Crippen LogP contribution in [0.5, 0.6) is 11.5 Å². The fourth-order valence-corrected chi connectivity index (χ4v) is 3.73. The van der Waals surface area contributed by atoms with Gasteiger partial charge >= 0.3 is 0 Å². The van der Waals surface area contributed by atoms with Crippen molar-refractivity contribution in [3.8, 4) is 11.5 Å². The fourth-order valence-electron chi connectivity index (χ4n) is 2.88. The molecule has 7 nitrogen and oxygen atoms in total. The molecule has 1 aliphatic heterocycles. The quantitative estimate of drug-likeness (QED) is 0.763. The van der Waals surface area contributed by atoms with E-state index in [-0.39, 0.29) is 19.2 Å². The maximum Gasteiger partial charge on any atom is 0.240 e. The van der Waals surface area contributed by atoms with Crippen LogP contribution in [0.1, 0.15) is 12.5 Å². The molecule has 8 heteroatoms. The van der Waals surface area contributed by atoms with Crippen LogP contribution >= 0.6 is 0 Å². The average Bonchev–Trinajstić information content (AvgIpc) is 2.69. The van der Waals surface area contributed by atoms with Crippen molar-refractivity contribution in [2.24, 2.45) is 0 Å². The summed E-state index contributed by atoms with van der Waals surface area (Å²) in [6, 6.07) is 14.5. The van der Waals surface area contributed by atoms with Crippen molar-refractivity contribution in [2.45, 2.75) is 19.4 Å². The Morgan fingerprint density at radius 2 is 1.82 bits per heavy atom. The number of nitrogens with one attached hydrogen (secondary N) is 1. The van der Waals surface area contributed by atoms with Crippen LogP contribution in [0.3, 0.4) is 0 Å². The van der Waals surface area contributed by atoms with E-state index in [9.17, 15) is 13.2 Å². The molecular formula is C20H24N2O5S. The average molecular weight is 404 g/mol. The van der Waals surface area contributed by atoms with Gasteiger partial charge in [-0.1, -0.05) is 31.2 Å². The first kappa shape index (κ1) is 20.0. The molecule has 28 heavy (non-hydrogen) atoms. The minimum atomic E-state index is -3.60. The third kappa shape index (κ3) is 4.95. The fraction of sp³-hybridized carbons (Fsp3) is 0.350. The second kappa shape index (κ2) is 8.52. The molecule has 0 radical (unpaired) electrons. The van der Waals surface area contributed by atoms with Crippen molar-refractivity contribution >= 4 is 21.6 Å². The van der Waals surface area contributed by atoms with E-state index in [4.69, 9.17) is 9.47 Å². The summed E-state index contributed by atoms with van der Waals surface area (Å²) < 4.78 is 36.8. The van der Waals surface area contributed by atoms with Crippen LogP contribution in [-0.2, 0) is 21.2 Å². The third-order valence-corrected chi connectivity index (χ3v) is 5.56. The summed E-state index contributed by atoms with van der Waals surface area (Å²) in [5.41, 5.74) is 1.55. The number of carbonyl (C=O) groups is 1. The van der Waals surface area contributed by atoms with E-state index in [1.807, 2.05) is 37.3 Å². The predicted molar refractivity (Wildman–Crippen MR) is 107 cm³/mol. The molecule has 1 N–H and O–H groups in total. The Hall–Kier alpha value is -2.74. The summed E-state index contributed by atoms with van der Waals surface area (Å²) in [5.74, 6) is 0.887. The molecule has 3 rings (SSSR count). The normalized spacial score (nSPS) is 15.7. The molecule has 0 saturated heterocycles. The van der Waals surface area contributed by atoms with Gasteiger partial charge in [0.1, 0.15) is 19.3 Å². The molecule has 1 heterocycles. The summed E-state index contributed by atoms with van der Waals surface area (Å²) in [6.45, 7) is 2.26. The van der Waals surface area contributed by atoms with Gasteiger partial charge in [-0.15, -0.1) is 0 Å². The lowest BCUT2D eigenvalue weighted by atomic mass is 10.1. The van der Waals surface area contributed by atoms with E-state index in [1.54, 1.807) is 18.2 Å². The van der Waals surface area contributed by atoms with Gasteiger partial charge < -0.3 is 14.8 Å². The summed E-state index contributed by atoms with van der Waals surface area (Å²) >= 11 is 0. The van der Waals surface area contributed by atoms with Crippen molar-refractivity contribution in [2.75, 3.05) is 30.3 Å². The van der Waals surface area contributed by atoms with Crippen LogP contribution in [-0.4, -0.2) is 46.4 Å². The molecule has 0 unspecified atom stereocenters. The Kier molecular flexibility index (Phi) is 6.08. The van der Waals surface area contributed by atoms with Crippen LogP contribution in [0, 0.1) is 0 Å². The number of carbonyl (C=O) groups excluding carboxylic acids is 1. The van der Waals surface area contributed by atoms with Gasteiger partial charge in [0.05, 0.1) is 18.5 Å². The monoisotopic (exact) mass is 404 g/mol. The van der Waals surface area contributed by atoms with Crippen molar-refractivity contribution in [1.82, 2.24) is 5.32 Å². The minimum Gasteiger partial charge on any atom is -0.486 e. The van der Waals surface area contributed by atoms with E-state index in [0.29, 0.717) is 23.8 Å². The van der Waals surface area contributed by atoms with E-state index < -0.39 is 15.9 Å². The van der Waals surface area contributed by atoms with Crippen LogP contribution in [0.2, 0.25) is 0 Å². The van der Waals surface area contributed by atoms with Gasteiger partial charge in [-0.05, 0) is 36.2 Å². The molecule has 2 aromatic rings. The zero-order chi connectivity index (χ0) is 20.1. The highest BCUT2D eigenvalue weighted by Gasteiger charge is 2.24. The molecule has 150 valence electrons. The second-order valence-electron chi connectivity index (χ2n) is 6.59. The Labute approximate surface area is 165 Å². The number of amides is 1. The van der Waals surface area contributed by atoms with Crippen molar-refractivity contribution in [1.29, 1.82) is 0 Å². The minimum absolute atomic E-state index is 0.222. The molecule has 0 bridgehead atoms. The number of sulfonamides is 1. The molecule has 1 atom stereocenters. The zero-order valence-corrected chi connectivity index (χ0v) is 16.7. The smallest absolute Gasteiger partial charge is 0.240 e. The van der Waals surface area contributed by atoms with Gasteiger partial charge in [0.15, 0.2) is 11.5 Å². The zero-order valence-electron chi connectivity index (χ0n) is 15.9. The van der Waals surface area contributed by atoms with E-state index in [2.05, 4.69) is 5.32 Å². The molecule has 0 spiro atoms. The summed E-state index contributed by atoms with van der Waals surface area (Å²) in [6.07, 6.45) is 1.60. The van der Waals surface area contributed by atoms with Crippen LogP contribution < -0.4 is 19.1 Å². The summed E-state index contributed by atoms with van der Waals surface area (Å²) in [4.78, 5) is 12.4. The maximum atomic E-state index is 12.4. The van der Waals surface area contributed by atoms with Gasteiger partial charge in [0.25, 0.3) is 0 Å². The molecule has 0 fully saturated rings. The van der Waals surface area contributed by atoms with Gasteiger partial charge in [-0.2, -0.15) is 0 Å². The number of para-hydroxylation sites is 2. The number of hydrogen-bond donors (Lipinski definition) is 1.